The summed E-state index contributed by atoms with van der Waals surface area (Å²) >= 11 is 0. The van der Waals surface area contributed by atoms with E-state index in [0.717, 1.165) is 44.2 Å². The van der Waals surface area contributed by atoms with Crippen molar-refractivity contribution in [2.24, 2.45) is 0 Å². The largest absolute Gasteiger partial charge is 0.403 e. The molecule has 1 N–H and O–H groups in total. The van der Waals surface area contributed by atoms with Crippen LogP contribution in [-0.4, -0.2) is 41.3 Å². The van der Waals surface area contributed by atoms with Crippen LogP contribution in [-0.2, 0) is 13.0 Å². The van der Waals surface area contributed by atoms with Gasteiger partial charge in [-0.1, -0.05) is 48.4 Å². The molecule has 192 valence electrons. The molecule has 3 aromatic carbocycles. The second-order valence-electron chi connectivity index (χ2n) is 9.07. The molecule has 0 radical (unpaired) electrons. The van der Waals surface area contributed by atoms with Gasteiger partial charge >= 0.3 is 6.01 Å². The number of benzene rings is 3. The van der Waals surface area contributed by atoms with Gasteiger partial charge in [0.2, 0.25) is 0 Å². The fourth-order valence-corrected chi connectivity index (χ4v) is 4.48. The van der Waals surface area contributed by atoms with Crippen LogP contribution >= 0.6 is 0 Å². The molecule has 6 nitrogen and oxygen atoms in total. The van der Waals surface area contributed by atoms with Crippen LogP contribution in [0.1, 0.15) is 24.5 Å². The van der Waals surface area contributed by atoms with E-state index < -0.39 is 17.5 Å². The van der Waals surface area contributed by atoms with E-state index in [4.69, 9.17) is 4.42 Å². The van der Waals surface area contributed by atoms with Crippen molar-refractivity contribution in [3.8, 4) is 11.5 Å². The number of rotatable bonds is 7. The Balaban J connectivity index is 1.35. The highest BCUT2D eigenvalue weighted by atomic mass is 19.2. The summed E-state index contributed by atoms with van der Waals surface area (Å²) in [6.45, 7) is 5.94. The first kappa shape index (κ1) is 24.8. The van der Waals surface area contributed by atoms with Gasteiger partial charge in [-0.25, -0.2) is 13.2 Å². The predicted octanol–water partition coefficient (Wildman–Crippen LogP) is 6.17. The van der Waals surface area contributed by atoms with Crippen LogP contribution in [0, 0.1) is 17.5 Å². The van der Waals surface area contributed by atoms with Gasteiger partial charge in [-0.15, -0.1) is 5.10 Å². The molecular weight excluding hydrogens is 479 g/mol. The molecule has 0 spiro atoms. The summed E-state index contributed by atoms with van der Waals surface area (Å²) in [7, 11) is 0. The number of hydrogen-bond donors (Lipinski definition) is 1. The topological polar surface area (TPSA) is 57.4 Å². The third kappa shape index (κ3) is 5.61. The zero-order chi connectivity index (χ0) is 25.8. The average molecular weight is 508 g/mol. The molecule has 5 rings (SSSR count). The SMILES string of the molecule is CCc1ccc(Nc2c(-c3nnc(N4CCCN(Cc5ccccc5)CC4)o3)ccc(F)c2F)c(F)c1. The van der Waals surface area contributed by atoms with Crippen molar-refractivity contribution in [3.63, 3.8) is 0 Å². The summed E-state index contributed by atoms with van der Waals surface area (Å²) in [5, 5.41) is 11.0. The van der Waals surface area contributed by atoms with Crippen LogP contribution < -0.4 is 10.2 Å². The average Bonchev–Trinajstić information content (AvgIpc) is 3.28. The maximum atomic E-state index is 14.9. The third-order valence-corrected chi connectivity index (χ3v) is 6.55. The molecule has 1 saturated heterocycles. The molecule has 1 aliphatic heterocycles. The minimum Gasteiger partial charge on any atom is -0.403 e. The van der Waals surface area contributed by atoms with Crippen molar-refractivity contribution in [1.29, 1.82) is 0 Å². The number of hydrogen-bond acceptors (Lipinski definition) is 6. The minimum absolute atomic E-state index is 0.0207. The minimum atomic E-state index is -1.15. The highest BCUT2D eigenvalue weighted by Crippen LogP contribution is 2.35. The molecule has 1 aliphatic rings. The lowest BCUT2D eigenvalue weighted by Gasteiger charge is -2.20. The molecule has 0 unspecified atom stereocenters. The van der Waals surface area contributed by atoms with Crippen molar-refractivity contribution in [1.82, 2.24) is 15.1 Å². The molecule has 4 aromatic rings. The van der Waals surface area contributed by atoms with E-state index in [9.17, 15) is 13.2 Å². The lowest BCUT2D eigenvalue weighted by molar-refractivity contribution is 0.285. The van der Waals surface area contributed by atoms with Gasteiger partial charge in [-0.3, -0.25) is 4.90 Å². The van der Waals surface area contributed by atoms with E-state index in [1.54, 1.807) is 6.07 Å². The van der Waals surface area contributed by atoms with Crippen LogP contribution in [0.25, 0.3) is 11.5 Å². The first-order valence-electron chi connectivity index (χ1n) is 12.4. The quantitative estimate of drug-likeness (QED) is 0.323. The molecule has 0 amide bonds. The number of aromatic nitrogens is 2. The van der Waals surface area contributed by atoms with E-state index in [-0.39, 0.29) is 22.8 Å². The number of halogens is 3. The van der Waals surface area contributed by atoms with Crippen molar-refractivity contribution in [2.45, 2.75) is 26.3 Å². The summed E-state index contributed by atoms with van der Waals surface area (Å²) in [6, 6.07) is 17.6. The monoisotopic (exact) mass is 507 g/mol. The Kier molecular flexibility index (Phi) is 7.41. The Morgan fingerprint density at radius 1 is 0.865 bits per heavy atom. The van der Waals surface area contributed by atoms with Crippen LogP contribution in [0.4, 0.5) is 30.6 Å². The number of aryl methyl sites for hydroxylation is 1. The van der Waals surface area contributed by atoms with E-state index in [2.05, 4.69) is 32.5 Å². The van der Waals surface area contributed by atoms with Crippen LogP contribution in [0.15, 0.2) is 65.1 Å². The molecule has 1 fully saturated rings. The molecule has 0 aliphatic carbocycles. The molecule has 0 atom stereocenters. The predicted molar refractivity (Wildman–Crippen MR) is 137 cm³/mol. The molecule has 1 aromatic heterocycles. The summed E-state index contributed by atoms with van der Waals surface area (Å²) in [4.78, 5) is 4.37. The Bertz CT molecular complexity index is 1360. The lowest BCUT2D eigenvalue weighted by Crippen LogP contribution is -2.30. The van der Waals surface area contributed by atoms with E-state index >= 15 is 0 Å². The Morgan fingerprint density at radius 3 is 2.49 bits per heavy atom. The van der Waals surface area contributed by atoms with E-state index in [1.807, 2.05) is 30.0 Å². The molecular formula is C28H28F3N5O. The molecule has 9 heteroatoms. The van der Waals surface area contributed by atoms with Crippen LogP contribution in [0.3, 0.4) is 0 Å². The normalized spacial score (nSPS) is 14.5. The molecule has 0 bridgehead atoms. The second kappa shape index (κ2) is 11.0. The van der Waals surface area contributed by atoms with Crippen molar-refractivity contribution < 1.29 is 17.6 Å². The summed E-state index contributed by atoms with van der Waals surface area (Å²) < 4.78 is 49.5. The number of nitrogens with one attached hydrogen (secondary N) is 1. The summed E-state index contributed by atoms with van der Waals surface area (Å²) in [5.74, 6) is -2.76. The van der Waals surface area contributed by atoms with Gasteiger partial charge in [0.1, 0.15) is 5.82 Å². The lowest BCUT2D eigenvalue weighted by atomic mass is 10.1. The molecule has 2 heterocycles. The van der Waals surface area contributed by atoms with Crippen LogP contribution in [0.5, 0.6) is 0 Å². The van der Waals surface area contributed by atoms with Gasteiger partial charge in [0.05, 0.1) is 16.9 Å². The van der Waals surface area contributed by atoms with Crippen LogP contribution in [0.2, 0.25) is 0 Å². The number of nitrogens with zero attached hydrogens (tertiary/aromatic N) is 4. The van der Waals surface area contributed by atoms with Crippen molar-refractivity contribution in [3.05, 3.63) is 89.2 Å². The highest BCUT2D eigenvalue weighted by molar-refractivity contribution is 5.78. The summed E-state index contributed by atoms with van der Waals surface area (Å²) in [5.41, 5.74) is 1.97. The standard InChI is InChI=1S/C28H28F3N5O/c1-2-19-9-12-24(23(30)17-19)32-26-21(10-11-22(29)25(26)31)27-33-34-28(37-27)36-14-6-13-35(15-16-36)18-20-7-4-3-5-8-20/h3-5,7-12,17,32H,2,6,13-16,18H2,1H3. The third-order valence-electron chi connectivity index (χ3n) is 6.55. The number of anilines is 3. The van der Waals surface area contributed by atoms with Gasteiger partial charge in [-0.05, 0) is 48.2 Å². The maximum absolute atomic E-state index is 14.9. The van der Waals surface area contributed by atoms with E-state index in [0.29, 0.717) is 19.0 Å². The fraction of sp³-hybridized carbons (Fsp3) is 0.286. The zero-order valence-corrected chi connectivity index (χ0v) is 20.6. The Labute approximate surface area is 213 Å². The smallest absolute Gasteiger partial charge is 0.318 e. The van der Waals surface area contributed by atoms with Gasteiger partial charge < -0.3 is 14.6 Å². The fourth-order valence-electron chi connectivity index (χ4n) is 4.48. The molecule has 37 heavy (non-hydrogen) atoms. The van der Waals surface area contributed by atoms with E-state index in [1.165, 1.54) is 23.8 Å². The second-order valence-corrected chi connectivity index (χ2v) is 9.07. The molecule has 0 saturated carbocycles. The first-order valence-corrected chi connectivity index (χ1v) is 12.4. The van der Waals surface area contributed by atoms with Crippen molar-refractivity contribution in [2.75, 3.05) is 36.4 Å². The van der Waals surface area contributed by atoms with Gasteiger partial charge in [0.15, 0.2) is 11.6 Å². The van der Waals surface area contributed by atoms with Gasteiger partial charge in [-0.2, -0.15) is 0 Å². The van der Waals surface area contributed by atoms with Gasteiger partial charge in [0.25, 0.3) is 5.89 Å². The maximum Gasteiger partial charge on any atom is 0.318 e. The highest BCUT2D eigenvalue weighted by Gasteiger charge is 2.24. The Morgan fingerprint density at radius 2 is 1.70 bits per heavy atom. The van der Waals surface area contributed by atoms with Crippen molar-refractivity contribution >= 4 is 17.4 Å². The Hall–Kier alpha value is -3.85. The van der Waals surface area contributed by atoms with Gasteiger partial charge in [0, 0.05) is 32.7 Å². The summed E-state index contributed by atoms with van der Waals surface area (Å²) in [6.07, 6.45) is 1.57. The zero-order valence-electron chi connectivity index (χ0n) is 20.6. The first-order chi connectivity index (χ1) is 18.0.